The highest BCUT2D eigenvalue weighted by atomic mass is 16.6. The maximum atomic E-state index is 12.6. The van der Waals surface area contributed by atoms with Gasteiger partial charge in [0.1, 0.15) is 11.4 Å². The first-order valence-electron chi connectivity index (χ1n) is 7.71. The van der Waals surface area contributed by atoms with Crippen LogP contribution in [-0.2, 0) is 9.53 Å². The molecule has 0 aromatic rings. The van der Waals surface area contributed by atoms with Crippen LogP contribution in [0.2, 0.25) is 0 Å². The predicted octanol–water partition coefficient (Wildman–Crippen LogP) is 3.17. The molecule has 4 nitrogen and oxygen atoms in total. The number of hydrogen-bond acceptors (Lipinski definition) is 3. The van der Waals surface area contributed by atoms with Crippen molar-refractivity contribution in [1.29, 1.82) is 0 Å². The SMILES string of the molecule is C=C1[C@@H]2CN(C(=O)OC(C)(C)C)[C@]13CC(C)(C)CC(=O)[C@H]23. The van der Waals surface area contributed by atoms with Crippen molar-refractivity contribution in [3.63, 3.8) is 0 Å². The normalized spacial score (nSPS) is 37.1. The summed E-state index contributed by atoms with van der Waals surface area (Å²) in [6.45, 7) is 14.6. The van der Waals surface area contributed by atoms with Gasteiger partial charge in [-0.05, 0) is 38.2 Å². The molecular weight excluding hydrogens is 266 g/mol. The van der Waals surface area contributed by atoms with Gasteiger partial charge < -0.3 is 4.74 Å². The Kier molecular flexibility index (Phi) is 2.72. The first kappa shape index (κ1) is 14.6. The molecule has 0 aromatic heterocycles. The fourth-order valence-electron chi connectivity index (χ4n) is 4.61. The Labute approximate surface area is 126 Å². The van der Waals surface area contributed by atoms with E-state index in [0.717, 1.165) is 12.0 Å². The summed E-state index contributed by atoms with van der Waals surface area (Å²) in [5.41, 5.74) is -0.0385. The standard InChI is InChI=1S/C17H25NO3/c1-10-11-8-18(14(20)21-15(2,3)4)17(10)9-16(5,6)7-12(19)13(11)17/h11,13H,1,7-9H2,2-6H3/t11-,13-,17+/m0/s1. The Morgan fingerprint density at radius 1 is 1.38 bits per heavy atom. The summed E-state index contributed by atoms with van der Waals surface area (Å²) < 4.78 is 5.55. The van der Waals surface area contributed by atoms with Crippen LogP contribution in [0.5, 0.6) is 0 Å². The minimum absolute atomic E-state index is 0.0504. The number of Topliss-reactive ketones (excluding diaryl/α,β-unsaturated/α-hetero) is 1. The first-order chi connectivity index (χ1) is 9.48. The van der Waals surface area contributed by atoms with Crippen LogP contribution in [0.3, 0.4) is 0 Å². The Balaban J connectivity index is 1.94. The van der Waals surface area contributed by atoms with Crippen LogP contribution in [0.4, 0.5) is 4.79 Å². The average Bonchev–Trinajstić information content (AvgIpc) is 2.73. The summed E-state index contributed by atoms with van der Waals surface area (Å²) in [6, 6.07) is 0. The summed E-state index contributed by atoms with van der Waals surface area (Å²) in [5, 5.41) is 0. The molecule has 0 unspecified atom stereocenters. The number of nitrogens with zero attached hydrogens (tertiary/aromatic N) is 1. The van der Waals surface area contributed by atoms with E-state index in [1.807, 2.05) is 20.8 Å². The van der Waals surface area contributed by atoms with E-state index in [1.54, 1.807) is 4.90 Å². The Bertz CT molecular complexity index is 543. The Hall–Kier alpha value is -1.32. The molecule has 1 amide bonds. The number of rotatable bonds is 0. The molecule has 2 saturated heterocycles. The maximum absolute atomic E-state index is 12.6. The molecule has 2 saturated carbocycles. The lowest BCUT2D eigenvalue weighted by Gasteiger charge is -2.57. The second kappa shape index (κ2) is 3.90. The molecule has 4 aliphatic rings. The van der Waals surface area contributed by atoms with E-state index < -0.39 is 11.1 Å². The third-order valence-electron chi connectivity index (χ3n) is 5.14. The largest absolute Gasteiger partial charge is 0.444 e. The van der Waals surface area contributed by atoms with Crippen molar-refractivity contribution in [1.82, 2.24) is 4.90 Å². The zero-order valence-electron chi connectivity index (χ0n) is 13.7. The minimum Gasteiger partial charge on any atom is -0.444 e. The predicted molar refractivity (Wildman–Crippen MR) is 79.8 cm³/mol. The van der Waals surface area contributed by atoms with Gasteiger partial charge >= 0.3 is 6.09 Å². The minimum atomic E-state index is -0.522. The molecule has 1 spiro atoms. The lowest BCUT2D eigenvalue weighted by Crippen LogP contribution is -2.64. The Morgan fingerprint density at radius 3 is 2.57 bits per heavy atom. The molecule has 21 heavy (non-hydrogen) atoms. The molecule has 0 radical (unpaired) electrons. The topological polar surface area (TPSA) is 46.6 Å². The van der Waals surface area contributed by atoms with Gasteiger partial charge in [-0.25, -0.2) is 4.79 Å². The quantitative estimate of drug-likeness (QED) is 0.644. The van der Waals surface area contributed by atoms with E-state index >= 15 is 0 Å². The molecule has 2 heterocycles. The lowest BCUT2D eigenvalue weighted by atomic mass is 9.49. The summed E-state index contributed by atoms with van der Waals surface area (Å²) in [4.78, 5) is 26.9. The summed E-state index contributed by atoms with van der Waals surface area (Å²) in [7, 11) is 0. The van der Waals surface area contributed by atoms with Crippen LogP contribution in [0.25, 0.3) is 0 Å². The third-order valence-corrected chi connectivity index (χ3v) is 5.14. The van der Waals surface area contributed by atoms with Gasteiger partial charge in [0, 0.05) is 18.9 Å². The molecule has 4 heteroatoms. The van der Waals surface area contributed by atoms with Crippen molar-refractivity contribution in [3.05, 3.63) is 12.2 Å². The van der Waals surface area contributed by atoms with Gasteiger partial charge in [0.15, 0.2) is 0 Å². The molecule has 0 N–H and O–H groups in total. The van der Waals surface area contributed by atoms with Crippen molar-refractivity contribution >= 4 is 11.9 Å². The maximum Gasteiger partial charge on any atom is 0.411 e. The van der Waals surface area contributed by atoms with Crippen molar-refractivity contribution < 1.29 is 14.3 Å². The van der Waals surface area contributed by atoms with Gasteiger partial charge in [-0.1, -0.05) is 20.4 Å². The third kappa shape index (κ3) is 1.87. The number of ketones is 1. The van der Waals surface area contributed by atoms with E-state index in [2.05, 4.69) is 20.4 Å². The zero-order valence-corrected chi connectivity index (χ0v) is 13.7. The van der Waals surface area contributed by atoms with Gasteiger partial charge in [-0.15, -0.1) is 0 Å². The summed E-state index contributed by atoms with van der Waals surface area (Å²) in [6.07, 6.45) is 1.11. The fraction of sp³-hybridized carbons (Fsp3) is 0.765. The summed E-state index contributed by atoms with van der Waals surface area (Å²) >= 11 is 0. The zero-order chi connectivity index (χ0) is 15.8. The van der Waals surface area contributed by atoms with Gasteiger partial charge in [-0.2, -0.15) is 0 Å². The number of carbonyl (C=O) groups is 2. The highest BCUT2D eigenvalue weighted by Crippen LogP contribution is 2.66. The van der Waals surface area contributed by atoms with Crippen LogP contribution in [0.15, 0.2) is 12.2 Å². The number of carbonyl (C=O) groups excluding carboxylic acids is 2. The van der Waals surface area contributed by atoms with Crippen molar-refractivity contribution in [2.45, 2.75) is 58.6 Å². The molecule has 2 aliphatic heterocycles. The van der Waals surface area contributed by atoms with Gasteiger partial charge in [0.05, 0.1) is 11.5 Å². The van der Waals surface area contributed by atoms with Crippen LogP contribution >= 0.6 is 0 Å². The van der Waals surface area contributed by atoms with Crippen LogP contribution < -0.4 is 0 Å². The van der Waals surface area contributed by atoms with E-state index in [-0.39, 0.29) is 29.1 Å². The van der Waals surface area contributed by atoms with Crippen LogP contribution in [0.1, 0.15) is 47.5 Å². The Morgan fingerprint density at radius 2 is 2.00 bits per heavy atom. The van der Waals surface area contributed by atoms with Crippen molar-refractivity contribution in [2.75, 3.05) is 6.54 Å². The smallest absolute Gasteiger partial charge is 0.411 e. The van der Waals surface area contributed by atoms with Gasteiger partial charge in [-0.3, -0.25) is 9.69 Å². The molecular formula is C17H25NO3. The number of ether oxygens (including phenoxy) is 1. The van der Waals surface area contributed by atoms with E-state index in [9.17, 15) is 9.59 Å². The monoisotopic (exact) mass is 291 g/mol. The fourth-order valence-corrected chi connectivity index (χ4v) is 4.61. The van der Waals surface area contributed by atoms with Crippen molar-refractivity contribution in [3.8, 4) is 0 Å². The van der Waals surface area contributed by atoms with Gasteiger partial charge in [0.2, 0.25) is 0 Å². The molecule has 4 rings (SSSR count). The summed E-state index contributed by atoms with van der Waals surface area (Å²) in [5.74, 6) is 0.376. The molecule has 116 valence electrons. The average molecular weight is 291 g/mol. The van der Waals surface area contributed by atoms with Crippen LogP contribution in [-0.4, -0.2) is 34.5 Å². The molecule has 4 fully saturated rings. The van der Waals surface area contributed by atoms with E-state index in [1.165, 1.54) is 0 Å². The molecule has 3 atom stereocenters. The van der Waals surface area contributed by atoms with Crippen LogP contribution in [0, 0.1) is 17.3 Å². The molecule has 0 aromatic carbocycles. The molecule has 2 aliphatic carbocycles. The van der Waals surface area contributed by atoms with E-state index in [0.29, 0.717) is 13.0 Å². The lowest BCUT2D eigenvalue weighted by molar-refractivity contribution is -0.137. The van der Waals surface area contributed by atoms with Gasteiger partial charge in [0.25, 0.3) is 0 Å². The second-order valence-electron chi connectivity index (χ2n) is 8.61. The van der Waals surface area contributed by atoms with E-state index in [4.69, 9.17) is 4.74 Å². The molecule has 2 bridgehead atoms. The van der Waals surface area contributed by atoms with Crippen molar-refractivity contribution in [2.24, 2.45) is 17.3 Å². The number of hydrogen-bond donors (Lipinski definition) is 0. The number of amides is 1. The number of fused-ring (bicyclic) bond motifs is 1. The highest BCUT2D eigenvalue weighted by Gasteiger charge is 2.73. The highest BCUT2D eigenvalue weighted by molar-refractivity contribution is 5.91. The second-order valence-corrected chi connectivity index (χ2v) is 8.61. The first-order valence-corrected chi connectivity index (χ1v) is 7.71.